The number of hydrogen-bond acceptors (Lipinski definition) is 5. The Morgan fingerprint density at radius 3 is 2.38 bits per heavy atom. The fourth-order valence-electron chi connectivity index (χ4n) is 2.45. The first-order valence-electron chi connectivity index (χ1n) is 7.93. The lowest BCUT2D eigenvalue weighted by atomic mass is 10.1. The van der Waals surface area contributed by atoms with Gasteiger partial charge >= 0.3 is 12.1 Å². The third kappa shape index (κ3) is 4.78. The van der Waals surface area contributed by atoms with E-state index in [0.717, 1.165) is 0 Å². The van der Waals surface area contributed by atoms with Crippen LogP contribution in [0.5, 0.6) is 5.75 Å². The molecule has 2 rings (SSSR count). The summed E-state index contributed by atoms with van der Waals surface area (Å²) in [5.74, 6) is -0.561. The molecule has 1 aliphatic rings. The largest absolute Gasteiger partial charge is 0.488 e. The van der Waals surface area contributed by atoms with E-state index >= 15 is 0 Å². The number of aromatic carboxylic acids is 1. The lowest BCUT2D eigenvalue weighted by molar-refractivity contribution is 0.0127. The predicted molar refractivity (Wildman–Crippen MR) is 89.3 cm³/mol. The van der Waals surface area contributed by atoms with Gasteiger partial charge in [-0.1, -0.05) is 0 Å². The van der Waals surface area contributed by atoms with Crippen molar-refractivity contribution in [2.24, 2.45) is 0 Å². The number of rotatable bonds is 3. The van der Waals surface area contributed by atoms with Crippen LogP contribution in [0.2, 0.25) is 0 Å². The summed E-state index contributed by atoms with van der Waals surface area (Å²) >= 11 is 0. The van der Waals surface area contributed by atoms with Gasteiger partial charge in [-0.05, 0) is 39.0 Å². The van der Waals surface area contributed by atoms with Crippen LogP contribution in [0.4, 0.5) is 10.5 Å². The topological polar surface area (TPSA) is 102 Å². The van der Waals surface area contributed by atoms with Gasteiger partial charge in [0.15, 0.2) is 0 Å². The number of anilines is 1. The van der Waals surface area contributed by atoms with Gasteiger partial charge in [-0.15, -0.1) is 0 Å². The van der Waals surface area contributed by atoms with Gasteiger partial charge in [-0.2, -0.15) is 0 Å². The number of nitrogens with zero attached hydrogens (tertiary/aromatic N) is 1. The van der Waals surface area contributed by atoms with E-state index in [-0.39, 0.29) is 17.8 Å². The highest BCUT2D eigenvalue weighted by Gasteiger charge is 2.27. The Balaban J connectivity index is 1.89. The number of ether oxygens (including phenoxy) is 2. The molecule has 1 aromatic carbocycles. The average molecular weight is 336 g/mol. The van der Waals surface area contributed by atoms with Crippen molar-refractivity contribution < 1.29 is 24.2 Å². The van der Waals surface area contributed by atoms with Crippen LogP contribution < -0.4 is 10.5 Å². The second-order valence-electron chi connectivity index (χ2n) is 6.84. The Labute approximate surface area is 141 Å². The van der Waals surface area contributed by atoms with Crippen LogP contribution in [-0.2, 0) is 4.74 Å². The van der Waals surface area contributed by atoms with Crippen molar-refractivity contribution in [2.75, 3.05) is 18.8 Å². The smallest absolute Gasteiger partial charge is 0.410 e. The number of carboxylic acids is 1. The van der Waals surface area contributed by atoms with E-state index in [0.29, 0.717) is 37.4 Å². The van der Waals surface area contributed by atoms with Crippen LogP contribution in [0, 0.1) is 0 Å². The molecule has 1 amide bonds. The molecule has 1 aliphatic heterocycles. The van der Waals surface area contributed by atoms with Gasteiger partial charge in [-0.3, -0.25) is 0 Å². The Morgan fingerprint density at radius 2 is 1.88 bits per heavy atom. The summed E-state index contributed by atoms with van der Waals surface area (Å²) in [6.45, 7) is 6.61. The molecule has 1 saturated heterocycles. The van der Waals surface area contributed by atoms with Gasteiger partial charge in [0.25, 0.3) is 0 Å². The number of carboxylic acid groups (broad SMARTS) is 1. The molecule has 132 valence electrons. The Bertz CT molecular complexity index is 616. The monoisotopic (exact) mass is 336 g/mol. The summed E-state index contributed by atoms with van der Waals surface area (Å²) in [4.78, 5) is 24.6. The van der Waals surface area contributed by atoms with E-state index < -0.39 is 11.6 Å². The molecular weight excluding hydrogens is 312 g/mol. The Hall–Kier alpha value is -2.44. The SMILES string of the molecule is CC(C)(C)OC(=O)N1CCC(Oc2ccc(C(=O)O)cc2N)CC1. The Kier molecular flexibility index (Phi) is 5.21. The van der Waals surface area contributed by atoms with Crippen molar-refractivity contribution in [3.05, 3.63) is 23.8 Å². The summed E-state index contributed by atoms with van der Waals surface area (Å²) in [5, 5.41) is 8.94. The number of piperidine rings is 1. The molecule has 0 radical (unpaired) electrons. The second kappa shape index (κ2) is 6.98. The number of hydrogen-bond donors (Lipinski definition) is 2. The van der Waals surface area contributed by atoms with Crippen LogP contribution in [0.25, 0.3) is 0 Å². The summed E-state index contributed by atoms with van der Waals surface area (Å²) in [6.07, 6.45) is 0.951. The molecule has 7 heteroatoms. The lowest BCUT2D eigenvalue weighted by Crippen LogP contribution is -2.44. The minimum atomic E-state index is -1.03. The van der Waals surface area contributed by atoms with Crippen molar-refractivity contribution in [2.45, 2.75) is 45.3 Å². The molecule has 0 spiro atoms. The summed E-state index contributed by atoms with van der Waals surface area (Å²) in [7, 11) is 0. The van der Waals surface area contributed by atoms with Gasteiger partial charge in [0.1, 0.15) is 17.5 Å². The van der Waals surface area contributed by atoms with Crippen LogP contribution >= 0.6 is 0 Å². The number of benzene rings is 1. The highest BCUT2D eigenvalue weighted by atomic mass is 16.6. The molecule has 0 saturated carbocycles. The number of likely N-dealkylation sites (tertiary alicyclic amines) is 1. The van der Waals surface area contributed by atoms with E-state index in [1.54, 1.807) is 11.0 Å². The maximum absolute atomic E-state index is 12.0. The quantitative estimate of drug-likeness (QED) is 0.823. The van der Waals surface area contributed by atoms with Crippen molar-refractivity contribution >= 4 is 17.7 Å². The number of nitrogen functional groups attached to an aromatic ring is 1. The van der Waals surface area contributed by atoms with Crippen LogP contribution in [0.3, 0.4) is 0 Å². The molecule has 3 N–H and O–H groups in total. The van der Waals surface area contributed by atoms with E-state index in [2.05, 4.69) is 0 Å². The fourth-order valence-corrected chi connectivity index (χ4v) is 2.45. The third-order valence-electron chi connectivity index (χ3n) is 3.64. The molecular formula is C17H24N2O5. The van der Waals surface area contributed by atoms with Gasteiger partial charge < -0.3 is 25.2 Å². The maximum atomic E-state index is 12.0. The van der Waals surface area contributed by atoms with Crippen LogP contribution in [0.15, 0.2) is 18.2 Å². The van der Waals surface area contributed by atoms with E-state index in [9.17, 15) is 9.59 Å². The zero-order valence-corrected chi connectivity index (χ0v) is 14.2. The second-order valence-corrected chi connectivity index (χ2v) is 6.84. The van der Waals surface area contributed by atoms with Crippen LogP contribution in [-0.4, -0.2) is 46.9 Å². The van der Waals surface area contributed by atoms with Gasteiger partial charge in [-0.25, -0.2) is 9.59 Å². The van der Waals surface area contributed by atoms with Crippen molar-refractivity contribution in [1.82, 2.24) is 4.90 Å². The predicted octanol–water partition coefficient (Wildman–Crippen LogP) is 2.75. The van der Waals surface area contributed by atoms with Crippen LogP contribution in [0.1, 0.15) is 44.0 Å². The molecule has 0 aromatic heterocycles. The minimum Gasteiger partial charge on any atom is -0.488 e. The molecule has 1 heterocycles. The third-order valence-corrected chi connectivity index (χ3v) is 3.64. The molecule has 0 atom stereocenters. The number of carbonyl (C=O) groups is 2. The molecule has 24 heavy (non-hydrogen) atoms. The number of amides is 1. The summed E-state index contributed by atoms with van der Waals surface area (Å²) in [5.41, 5.74) is 5.76. The normalized spacial score (nSPS) is 15.9. The lowest BCUT2D eigenvalue weighted by Gasteiger charge is -2.33. The van der Waals surface area contributed by atoms with Crippen molar-refractivity contribution in [3.8, 4) is 5.75 Å². The Morgan fingerprint density at radius 1 is 1.25 bits per heavy atom. The van der Waals surface area contributed by atoms with Gasteiger partial charge in [0.2, 0.25) is 0 Å². The summed E-state index contributed by atoms with van der Waals surface area (Å²) < 4.78 is 11.2. The van der Waals surface area contributed by atoms with E-state index in [1.165, 1.54) is 12.1 Å². The zero-order valence-electron chi connectivity index (χ0n) is 14.2. The zero-order chi connectivity index (χ0) is 17.9. The maximum Gasteiger partial charge on any atom is 0.410 e. The molecule has 0 bridgehead atoms. The molecule has 7 nitrogen and oxygen atoms in total. The molecule has 0 aliphatic carbocycles. The minimum absolute atomic E-state index is 0.0679. The average Bonchev–Trinajstić information content (AvgIpc) is 2.48. The molecule has 1 aromatic rings. The first-order chi connectivity index (χ1) is 11.2. The molecule has 1 fully saturated rings. The summed E-state index contributed by atoms with van der Waals surface area (Å²) in [6, 6.07) is 4.41. The highest BCUT2D eigenvalue weighted by Crippen LogP contribution is 2.26. The van der Waals surface area contributed by atoms with E-state index in [4.69, 9.17) is 20.3 Å². The molecule has 0 unspecified atom stereocenters. The van der Waals surface area contributed by atoms with Crippen molar-refractivity contribution in [3.63, 3.8) is 0 Å². The fraction of sp³-hybridized carbons (Fsp3) is 0.529. The first kappa shape index (κ1) is 17.9. The van der Waals surface area contributed by atoms with Gasteiger partial charge in [0.05, 0.1) is 11.3 Å². The standard InChI is InChI=1S/C17H24N2O5/c1-17(2,3)24-16(22)19-8-6-12(7-9-19)23-14-5-4-11(15(20)21)10-13(14)18/h4-5,10,12H,6-9,18H2,1-3H3,(H,20,21). The number of nitrogens with two attached hydrogens (primary N) is 1. The number of carbonyl (C=O) groups excluding carboxylic acids is 1. The highest BCUT2D eigenvalue weighted by molar-refractivity contribution is 5.89. The van der Waals surface area contributed by atoms with Crippen molar-refractivity contribution in [1.29, 1.82) is 0 Å². The van der Waals surface area contributed by atoms with E-state index in [1.807, 2.05) is 20.8 Å². The van der Waals surface area contributed by atoms with Gasteiger partial charge in [0, 0.05) is 25.9 Å². The first-order valence-corrected chi connectivity index (χ1v) is 7.93.